The third-order valence-corrected chi connectivity index (χ3v) is 5.58. The predicted molar refractivity (Wildman–Crippen MR) is 133 cm³/mol. The Hall–Kier alpha value is -3.04. The van der Waals surface area contributed by atoms with Gasteiger partial charge in [-0.3, -0.25) is 9.69 Å². The fraction of sp³-hybridized carbons (Fsp3) is 0.310. The van der Waals surface area contributed by atoms with Gasteiger partial charge in [0.1, 0.15) is 0 Å². The van der Waals surface area contributed by atoms with Gasteiger partial charge >= 0.3 is 0 Å². The molecule has 1 atom stereocenters. The van der Waals surface area contributed by atoms with Crippen molar-refractivity contribution in [1.82, 2.24) is 4.90 Å². The summed E-state index contributed by atoms with van der Waals surface area (Å²) in [6, 6.07) is 30.6. The number of hydrogen-bond donors (Lipinski definition) is 1. The quantitative estimate of drug-likeness (QED) is 0.344. The van der Waals surface area contributed by atoms with Crippen molar-refractivity contribution in [2.45, 2.75) is 52.2 Å². The van der Waals surface area contributed by atoms with Crippen LogP contribution in [-0.2, 0) is 24.3 Å². The van der Waals surface area contributed by atoms with Crippen molar-refractivity contribution < 1.29 is 4.79 Å². The lowest BCUT2D eigenvalue weighted by Gasteiger charge is -2.31. The van der Waals surface area contributed by atoms with Crippen molar-refractivity contribution in [1.29, 1.82) is 5.41 Å². The molecule has 0 saturated heterocycles. The second-order valence-electron chi connectivity index (χ2n) is 8.93. The molecule has 0 unspecified atom stereocenters. The van der Waals surface area contributed by atoms with E-state index in [0.717, 1.165) is 5.56 Å². The summed E-state index contributed by atoms with van der Waals surface area (Å²) in [6.07, 6.45) is 1.53. The van der Waals surface area contributed by atoms with Gasteiger partial charge in [-0.25, -0.2) is 0 Å². The molecule has 0 bridgehead atoms. The third-order valence-electron chi connectivity index (χ3n) is 5.58. The molecule has 3 aromatic carbocycles. The molecular formula is C29H34N2O. The summed E-state index contributed by atoms with van der Waals surface area (Å²) in [4.78, 5) is 15.9. The Morgan fingerprint density at radius 3 is 1.62 bits per heavy atom. The van der Waals surface area contributed by atoms with Crippen molar-refractivity contribution >= 4 is 11.5 Å². The topological polar surface area (TPSA) is 44.2 Å². The standard InChI is InChI=1S/C29H34N2O/c1-23(2)18-27(30)20-29(32)28(19-24-12-6-3-7-13-24)31(21-25-14-8-4-9-15-25)22-26-16-10-5-11-17-26/h3-17,23,28,30H,18-22H2,1-2H3/t28-/m0/s1. The number of nitrogens with one attached hydrogen (secondary N) is 1. The van der Waals surface area contributed by atoms with Gasteiger partial charge in [0, 0.05) is 25.2 Å². The normalized spacial score (nSPS) is 12.1. The molecule has 0 amide bonds. The van der Waals surface area contributed by atoms with Crippen LogP contribution in [0.25, 0.3) is 0 Å². The lowest BCUT2D eigenvalue weighted by atomic mass is 9.94. The van der Waals surface area contributed by atoms with Crippen LogP contribution in [0, 0.1) is 11.3 Å². The molecule has 166 valence electrons. The molecule has 3 nitrogen and oxygen atoms in total. The van der Waals surface area contributed by atoms with Crippen molar-refractivity contribution in [3.05, 3.63) is 108 Å². The first-order valence-electron chi connectivity index (χ1n) is 11.5. The molecule has 0 fully saturated rings. The molecule has 0 aliphatic carbocycles. The van der Waals surface area contributed by atoms with Gasteiger partial charge in [-0.2, -0.15) is 0 Å². The van der Waals surface area contributed by atoms with Crippen LogP contribution in [0.3, 0.4) is 0 Å². The summed E-state index contributed by atoms with van der Waals surface area (Å²) >= 11 is 0. The maximum absolute atomic E-state index is 13.6. The van der Waals surface area contributed by atoms with E-state index in [1.165, 1.54) is 11.1 Å². The Kier molecular flexibility index (Phi) is 8.94. The van der Waals surface area contributed by atoms with Gasteiger partial charge < -0.3 is 5.41 Å². The Morgan fingerprint density at radius 1 is 0.750 bits per heavy atom. The van der Waals surface area contributed by atoms with Gasteiger partial charge in [-0.15, -0.1) is 0 Å². The smallest absolute Gasteiger partial charge is 0.155 e. The van der Waals surface area contributed by atoms with Crippen molar-refractivity contribution in [3.8, 4) is 0 Å². The zero-order valence-electron chi connectivity index (χ0n) is 19.2. The molecule has 32 heavy (non-hydrogen) atoms. The number of Topliss-reactive ketones (excluding diaryl/α,β-unsaturated/α-hetero) is 1. The molecule has 0 spiro atoms. The first-order chi connectivity index (χ1) is 15.5. The van der Waals surface area contributed by atoms with Gasteiger partial charge in [-0.1, -0.05) is 105 Å². The molecule has 1 N–H and O–H groups in total. The number of carbonyl (C=O) groups excluding carboxylic acids is 1. The van der Waals surface area contributed by atoms with Crippen LogP contribution in [0.1, 0.15) is 43.4 Å². The number of rotatable bonds is 12. The highest BCUT2D eigenvalue weighted by Gasteiger charge is 2.27. The maximum atomic E-state index is 13.6. The van der Waals surface area contributed by atoms with Crippen molar-refractivity contribution in [2.24, 2.45) is 5.92 Å². The van der Waals surface area contributed by atoms with Crippen LogP contribution in [-0.4, -0.2) is 22.4 Å². The molecule has 3 rings (SSSR count). The van der Waals surface area contributed by atoms with E-state index in [-0.39, 0.29) is 18.2 Å². The highest BCUT2D eigenvalue weighted by Crippen LogP contribution is 2.19. The average Bonchev–Trinajstić information content (AvgIpc) is 2.78. The minimum Gasteiger partial charge on any atom is -0.309 e. The molecule has 3 heteroatoms. The Labute approximate surface area is 192 Å². The average molecular weight is 427 g/mol. The maximum Gasteiger partial charge on any atom is 0.155 e. The van der Waals surface area contributed by atoms with Gasteiger partial charge in [0.2, 0.25) is 0 Å². The molecule has 0 radical (unpaired) electrons. The third kappa shape index (κ3) is 7.58. The Balaban J connectivity index is 1.90. The fourth-order valence-electron chi connectivity index (χ4n) is 4.09. The van der Waals surface area contributed by atoms with Gasteiger partial charge in [0.15, 0.2) is 5.78 Å². The number of ketones is 1. The summed E-state index contributed by atoms with van der Waals surface area (Å²) in [5, 5.41) is 8.37. The largest absolute Gasteiger partial charge is 0.309 e. The van der Waals surface area contributed by atoms with E-state index in [2.05, 4.69) is 55.1 Å². The minimum absolute atomic E-state index is 0.131. The van der Waals surface area contributed by atoms with Crippen LogP contribution in [0.4, 0.5) is 0 Å². The number of benzene rings is 3. The first-order valence-corrected chi connectivity index (χ1v) is 11.5. The van der Waals surface area contributed by atoms with E-state index >= 15 is 0 Å². The molecule has 0 saturated carbocycles. The molecular weight excluding hydrogens is 392 g/mol. The fourth-order valence-corrected chi connectivity index (χ4v) is 4.09. The lowest BCUT2D eigenvalue weighted by molar-refractivity contribution is -0.123. The van der Waals surface area contributed by atoms with Crippen molar-refractivity contribution in [3.63, 3.8) is 0 Å². The van der Waals surface area contributed by atoms with E-state index in [9.17, 15) is 4.79 Å². The highest BCUT2D eigenvalue weighted by molar-refractivity contribution is 6.02. The molecule has 0 heterocycles. The van der Waals surface area contributed by atoms with Crippen LogP contribution < -0.4 is 0 Å². The molecule has 0 aromatic heterocycles. The highest BCUT2D eigenvalue weighted by atomic mass is 16.1. The van der Waals surface area contributed by atoms with E-state index in [4.69, 9.17) is 5.41 Å². The monoisotopic (exact) mass is 426 g/mol. The van der Waals surface area contributed by atoms with E-state index in [0.29, 0.717) is 37.6 Å². The summed E-state index contributed by atoms with van der Waals surface area (Å²) < 4.78 is 0. The lowest BCUT2D eigenvalue weighted by Crippen LogP contribution is -2.42. The number of hydrogen-bond acceptors (Lipinski definition) is 3. The van der Waals surface area contributed by atoms with Gasteiger partial charge in [0.25, 0.3) is 0 Å². The number of nitrogens with zero attached hydrogens (tertiary/aromatic N) is 1. The van der Waals surface area contributed by atoms with Crippen LogP contribution in [0.2, 0.25) is 0 Å². The second-order valence-corrected chi connectivity index (χ2v) is 8.93. The molecule has 3 aromatic rings. The molecule has 0 aliphatic heterocycles. The summed E-state index contributed by atoms with van der Waals surface area (Å²) in [7, 11) is 0. The van der Waals surface area contributed by atoms with Crippen molar-refractivity contribution in [2.75, 3.05) is 0 Å². The zero-order chi connectivity index (χ0) is 22.8. The van der Waals surface area contributed by atoms with E-state index in [1.54, 1.807) is 0 Å². The minimum atomic E-state index is -0.287. The van der Waals surface area contributed by atoms with Gasteiger partial charge in [-0.05, 0) is 35.4 Å². The van der Waals surface area contributed by atoms with E-state index < -0.39 is 0 Å². The molecule has 0 aliphatic rings. The van der Waals surface area contributed by atoms with Crippen LogP contribution in [0.5, 0.6) is 0 Å². The predicted octanol–water partition coefficient (Wildman–Crippen LogP) is 6.33. The second kappa shape index (κ2) is 12.1. The van der Waals surface area contributed by atoms with E-state index in [1.807, 2.05) is 54.6 Å². The SMILES string of the molecule is CC(C)CC(=N)CC(=O)[C@H](Cc1ccccc1)N(Cc1ccccc1)Cc1ccccc1. The van der Waals surface area contributed by atoms with Crippen LogP contribution >= 0.6 is 0 Å². The summed E-state index contributed by atoms with van der Waals surface area (Å²) in [5.74, 6) is 0.513. The Morgan fingerprint density at radius 2 is 1.19 bits per heavy atom. The number of carbonyl (C=O) groups is 1. The summed E-state index contributed by atoms with van der Waals surface area (Å²) in [6.45, 7) is 5.57. The summed E-state index contributed by atoms with van der Waals surface area (Å²) in [5.41, 5.74) is 4.05. The Bertz CT molecular complexity index is 926. The first kappa shape index (κ1) is 23.6. The van der Waals surface area contributed by atoms with Crippen LogP contribution in [0.15, 0.2) is 91.0 Å². The zero-order valence-corrected chi connectivity index (χ0v) is 19.2. The van der Waals surface area contributed by atoms with Gasteiger partial charge in [0.05, 0.1) is 6.04 Å².